The molecular formula is C25H27ClN4O3S. The van der Waals surface area contributed by atoms with Crippen molar-refractivity contribution in [2.24, 2.45) is 0 Å². The van der Waals surface area contributed by atoms with E-state index in [1.165, 1.54) is 11.3 Å². The molecule has 0 unspecified atom stereocenters. The lowest BCUT2D eigenvalue weighted by Crippen LogP contribution is -2.34. The fourth-order valence-electron chi connectivity index (χ4n) is 3.80. The second-order valence-electron chi connectivity index (χ2n) is 8.31. The van der Waals surface area contributed by atoms with E-state index in [0.717, 1.165) is 28.7 Å². The summed E-state index contributed by atoms with van der Waals surface area (Å²) in [7, 11) is 5.65. The molecule has 0 atom stereocenters. The highest BCUT2D eigenvalue weighted by molar-refractivity contribution is 7.22. The van der Waals surface area contributed by atoms with Crippen LogP contribution in [0, 0.1) is 13.8 Å². The minimum atomic E-state index is -0.219. The molecular weight excluding hydrogens is 472 g/mol. The van der Waals surface area contributed by atoms with Gasteiger partial charge in [-0.1, -0.05) is 52.4 Å². The lowest BCUT2D eigenvalue weighted by molar-refractivity contribution is 0.0985. The lowest BCUT2D eigenvalue weighted by atomic mass is 10.1. The van der Waals surface area contributed by atoms with Crippen molar-refractivity contribution in [3.63, 3.8) is 0 Å². The molecule has 0 aliphatic heterocycles. The number of aryl methyl sites for hydroxylation is 2. The average molecular weight is 499 g/mol. The van der Waals surface area contributed by atoms with Gasteiger partial charge in [0.15, 0.2) is 5.13 Å². The predicted octanol–water partition coefficient (Wildman–Crippen LogP) is 5.83. The molecule has 0 radical (unpaired) electrons. The number of carbonyl (C=O) groups excluding carboxylic acids is 1. The molecule has 2 aromatic heterocycles. The summed E-state index contributed by atoms with van der Waals surface area (Å²) >= 11 is 7.91. The van der Waals surface area contributed by atoms with Crippen LogP contribution in [-0.4, -0.2) is 55.2 Å². The van der Waals surface area contributed by atoms with E-state index >= 15 is 0 Å². The van der Waals surface area contributed by atoms with Gasteiger partial charge in [0.1, 0.15) is 28.3 Å². The van der Waals surface area contributed by atoms with Gasteiger partial charge in [-0.2, -0.15) is 0 Å². The van der Waals surface area contributed by atoms with Gasteiger partial charge in [0, 0.05) is 12.1 Å². The Kier molecular flexibility index (Phi) is 7.21. The third-order valence-electron chi connectivity index (χ3n) is 5.58. The molecule has 0 aliphatic carbocycles. The fraction of sp³-hybridized carbons (Fsp3) is 0.320. The summed E-state index contributed by atoms with van der Waals surface area (Å²) in [5, 5.41) is 5.30. The molecule has 1 amide bonds. The molecule has 0 bridgehead atoms. The summed E-state index contributed by atoms with van der Waals surface area (Å²) < 4.78 is 12.0. The van der Waals surface area contributed by atoms with E-state index < -0.39 is 0 Å². The smallest absolute Gasteiger partial charge is 0.265 e. The van der Waals surface area contributed by atoms with Crippen LogP contribution >= 0.6 is 22.9 Å². The SMILES string of the molecule is COc1ccc(C)c2sc(N(CCCN(C)C)C(=O)c3c(-c4ccccc4Cl)noc3C)nc12. The summed E-state index contributed by atoms with van der Waals surface area (Å²) in [6.45, 7) is 5.09. The van der Waals surface area contributed by atoms with Gasteiger partial charge in [0.25, 0.3) is 5.91 Å². The van der Waals surface area contributed by atoms with E-state index in [2.05, 4.69) is 10.1 Å². The number of ether oxygens (including phenoxy) is 1. The van der Waals surface area contributed by atoms with Gasteiger partial charge in [-0.25, -0.2) is 4.98 Å². The number of halogens is 1. The van der Waals surface area contributed by atoms with Crippen molar-refractivity contribution in [1.82, 2.24) is 15.0 Å². The normalized spacial score (nSPS) is 11.4. The van der Waals surface area contributed by atoms with E-state index in [-0.39, 0.29) is 5.91 Å². The van der Waals surface area contributed by atoms with Crippen molar-refractivity contribution >= 4 is 44.2 Å². The molecule has 0 N–H and O–H groups in total. The number of fused-ring (bicyclic) bond motifs is 1. The Hall–Kier alpha value is -2.94. The van der Waals surface area contributed by atoms with Crippen molar-refractivity contribution in [3.8, 4) is 17.0 Å². The molecule has 0 saturated carbocycles. The van der Waals surface area contributed by atoms with Crippen LogP contribution in [0.1, 0.15) is 28.1 Å². The van der Waals surface area contributed by atoms with Gasteiger partial charge >= 0.3 is 0 Å². The number of nitrogens with zero attached hydrogens (tertiary/aromatic N) is 4. The molecule has 178 valence electrons. The maximum atomic E-state index is 14.0. The number of amides is 1. The molecule has 0 spiro atoms. The third-order valence-corrected chi connectivity index (χ3v) is 7.12. The molecule has 34 heavy (non-hydrogen) atoms. The van der Waals surface area contributed by atoms with Crippen LogP contribution in [0.5, 0.6) is 5.75 Å². The number of thiazole rings is 1. The molecule has 0 fully saturated rings. The molecule has 4 rings (SSSR count). The Bertz CT molecular complexity index is 1330. The molecule has 0 aliphatic rings. The second-order valence-corrected chi connectivity index (χ2v) is 9.70. The van der Waals surface area contributed by atoms with Crippen molar-refractivity contribution in [2.75, 3.05) is 39.2 Å². The number of benzene rings is 2. The minimum absolute atomic E-state index is 0.219. The topological polar surface area (TPSA) is 71.7 Å². The molecule has 2 aromatic carbocycles. The molecule has 7 nitrogen and oxygen atoms in total. The lowest BCUT2D eigenvalue weighted by Gasteiger charge is -2.21. The van der Waals surface area contributed by atoms with Crippen molar-refractivity contribution < 1.29 is 14.1 Å². The Labute approximate surface area is 207 Å². The summed E-state index contributed by atoms with van der Waals surface area (Å²) in [5.41, 5.74) is 3.31. The van der Waals surface area contributed by atoms with E-state index in [0.29, 0.717) is 45.0 Å². The number of methoxy groups -OCH3 is 1. The van der Waals surface area contributed by atoms with Crippen molar-refractivity contribution in [2.45, 2.75) is 20.3 Å². The Morgan fingerprint density at radius 2 is 1.91 bits per heavy atom. The summed E-state index contributed by atoms with van der Waals surface area (Å²) in [6, 6.07) is 11.2. The molecule has 0 saturated heterocycles. The first-order valence-electron chi connectivity index (χ1n) is 10.9. The maximum absolute atomic E-state index is 14.0. The maximum Gasteiger partial charge on any atom is 0.265 e. The zero-order chi connectivity index (χ0) is 24.4. The van der Waals surface area contributed by atoms with Crippen LogP contribution in [0.2, 0.25) is 5.02 Å². The third kappa shape index (κ3) is 4.66. The van der Waals surface area contributed by atoms with Gasteiger partial charge in [0.2, 0.25) is 0 Å². The number of anilines is 1. The van der Waals surface area contributed by atoms with Crippen LogP contribution in [0.3, 0.4) is 0 Å². The van der Waals surface area contributed by atoms with Gasteiger partial charge < -0.3 is 14.2 Å². The Balaban J connectivity index is 1.81. The van der Waals surface area contributed by atoms with E-state index in [4.69, 9.17) is 25.8 Å². The first-order chi connectivity index (χ1) is 16.3. The first-order valence-corrected chi connectivity index (χ1v) is 12.1. The number of aromatic nitrogens is 2. The van der Waals surface area contributed by atoms with E-state index in [1.54, 1.807) is 25.0 Å². The highest BCUT2D eigenvalue weighted by atomic mass is 35.5. The second kappa shape index (κ2) is 10.1. The van der Waals surface area contributed by atoms with Crippen LogP contribution in [0.4, 0.5) is 5.13 Å². The highest BCUT2D eigenvalue weighted by Crippen LogP contribution is 2.38. The Morgan fingerprint density at radius 1 is 1.15 bits per heavy atom. The van der Waals surface area contributed by atoms with E-state index in [1.807, 2.05) is 51.4 Å². The zero-order valence-electron chi connectivity index (χ0n) is 19.9. The van der Waals surface area contributed by atoms with Gasteiger partial charge in [0.05, 0.1) is 16.8 Å². The molecule has 9 heteroatoms. The van der Waals surface area contributed by atoms with Crippen LogP contribution in [0.25, 0.3) is 21.5 Å². The Morgan fingerprint density at radius 3 is 2.62 bits per heavy atom. The summed E-state index contributed by atoms with van der Waals surface area (Å²) in [4.78, 5) is 22.7. The standard InChI is InChI=1S/C25H27ClN4O3S/c1-15-11-12-19(32-5)22-23(15)34-25(27-22)30(14-8-13-29(3)4)24(31)20-16(2)33-28-21(20)17-9-6-7-10-18(17)26/h6-7,9-12H,8,13-14H2,1-5H3. The summed E-state index contributed by atoms with van der Waals surface area (Å²) in [6.07, 6.45) is 0.774. The fourth-order valence-corrected chi connectivity index (χ4v) is 5.10. The zero-order valence-corrected chi connectivity index (χ0v) is 21.5. The van der Waals surface area contributed by atoms with Crippen molar-refractivity contribution in [1.29, 1.82) is 0 Å². The van der Waals surface area contributed by atoms with Crippen LogP contribution in [0.15, 0.2) is 40.9 Å². The van der Waals surface area contributed by atoms with E-state index in [9.17, 15) is 4.79 Å². The van der Waals surface area contributed by atoms with Crippen molar-refractivity contribution in [3.05, 3.63) is 58.3 Å². The number of rotatable bonds is 8. The number of carbonyl (C=O) groups is 1. The molecule has 4 aromatic rings. The number of hydrogen-bond donors (Lipinski definition) is 0. The van der Waals surface area contributed by atoms with Gasteiger partial charge in [-0.15, -0.1) is 0 Å². The molecule has 2 heterocycles. The van der Waals surface area contributed by atoms with Gasteiger partial charge in [-0.3, -0.25) is 9.69 Å². The van der Waals surface area contributed by atoms with Gasteiger partial charge in [-0.05, 0) is 58.6 Å². The highest BCUT2D eigenvalue weighted by Gasteiger charge is 2.30. The monoisotopic (exact) mass is 498 g/mol. The predicted molar refractivity (Wildman–Crippen MR) is 137 cm³/mol. The number of hydrogen-bond acceptors (Lipinski definition) is 7. The first kappa shape index (κ1) is 24.2. The van der Waals surface area contributed by atoms with Crippen LogP contribution < -0.4 is 9.64 Å². The van der Waals surface area contributed by atoms with Crippen LogP contribution in [-0.2, 0) is 0 Å². The summed E-state index contributed by atoms with van der Waals surface area (Å²) in [5.74, 6) is 0.900. The average Bonchev–Trinajstić information content (AvgIpc) is 3.41. The largest absolute Gasteiger partial charge is 0.494 e. The minimum Gasteiger partial charge on any atom is -0.494 e. The quantitative estimate of drug-likeness (QED) is 0.304.